The van der Waals surface area contributed by atoms with Gasteiger partial charge in [-0.15, -0.1) is 5.10 Å². The molecule has 0 atom stereocenters. The van der Waals surface area contributed by atoms with E-state index in [9.17, 15) is 9.50 Å². The Morgan fingerprint density at radius 2 is 1.86 bits per heavy atom. The summed E-state index contributed by atoms with van der Waals surface area (Å²) in [4.78, 5) is 0. The van der Waals surface area contributed by atoms with Gasteiger partial charge in [-0.1, -0.05) is 17.3 Å². The molecule has 0 aliphatic rings. The molecule has 106 valence electrons. The second-order valence-corrected chi connectivity index (χ2v) is 4.78. The zero-order valence-corrected chi connectivity index (χ0v) is 11.5. The summed E-state index contributed by atoms with van der Waals surface area (Å²) in [5.74, 6) is -0.303. The summed E-state index contributed by atoms with van der Waals surface area (Å²) >= 11 is 0. The molecule has 0 aliphatic carbocycles. The van der Waals surface area contributed by atoms with E-state index in [1.807, 2.05) is 31.2 Å². The maximum absolute atomic E-state index is 13.1. The fraction of sp³-hybridized carbons (Fsp3) is 0.125. The minimum atomic E-state index is -0.303. The van der Waals surface area contributed by atoms with Crippen molar-refractivity contribution in [2.75, 3.05) is 6.61 Å². The van der Waals surface area contributed by atoms with Crippen molar-refractivity contribution in [3.8, 4) is 0 Å². The van der Waals surface area contributed by atoms with E-state index in [-0.39, 0.29) is 12.4 Å². The molecule has 1 heterocycles. The van der Waals surface area contributed by atoms with Gasteiger partial charge in [-0.25, -0.2) is 9.07 Å². The number of para-hydroxylation sites is 1. The van der Waals surface area contributed by atoms with Gasteiger partial charge >= 0.3 is 0 Å². The van der Waals surface area contributed by atoms with Gasteiger partial charge in [0.2, 0.25) is 0 Å². The van der Waals surface area contributed by atoms with E-state index in [1.54, 1.807) is 16.8 Å². The van der Waals surface area contributed by atoms with E-state index in [4.69, 9.17) is 0 Å². The van der Waals surface area contributed by atoms with Gasteiger partial charge in [0, 0.05) is 5.56 Å². The third-order valence-electron chi connectivity index (χ3n) is 3.32. The Labute approximate surface area is 121 Å². The van der Waals surface area contributed by atoms with Crippen LogP contribution in [0.1, 0.15) is 12.5 Å². The predicted molar refractivity (Wildman–Crippen MR) is 79.0 cm³/mol. The standard InChI is InChI=1S/C16H14FN3O/c1-11(10-21)16(12-6-8-13(17)9-7-12)20-15-5-3-2-4-14(15)18-19-20/h2-9,21H,10H2,1H3/b16-11-. The molecule has 0 fully saturated rings. The van der Waals surface area contributed by atoms with Gasteiger partial charge in [-0.3, -0.25) is 0 Å². The summed E-state index contributed by atoms with van der Waals surface area (Å²) < 4.78 is 14.8. The maximum Gasteiger partial charge on any atom is 0.123 e. The summed E-state index contributed by atoms with van der Waals surface area (Å²) in [5, 5.41) is 17.8. The molecular weight excluding hydrogens is 269 g/mol. The zero-order chi connectivity index (χ0) is 14.8. The number of hydrogen-bond acceptors (Lipinski definition) is 3. The van der Waals surface area contributed by atoms with Crippen LogP contribution < -0.4 is 0 Å². The molecule has 21 heavy (non-hydrogen) atoms. The van der Waals surface area contributed by atoms with E-state index in [2.05, 4.69) is 10.3 Å². The molecule has 0 spiro atoms. The van der Waals surface area contributed by atoms with Crippen molar-refractivity contribution >= 4 is 16.7 Å². The number of aliphatic hydroxyl groups is 1. The molecular formula is C16H14FN3O. The van der Waals surface area contributed by atoms with Crippen molar-refractivity contribution < 1.29 is 9.50 Å². The van der Waals surface area contributed by atoms with Crippen molar-refractivity contribution in [2.24, 2.45) is 0 Å². The lowest BCUT2D eigenvalue weighted by Gasteiger charge is -2.12. The number of fused-ring (bicyclic) bond motifs is 1. The molecule has 0 unspecified atom stereocenters. The maximum atomic E-state index is 13.1. The van der Waals surface area contributed by atoms with Crippen LogP contribution in [0.15, 0.2) is 54.1 Å². The highest BCUT2D eigenvalue weighted by atomic mass is 19.1. The van der Waals surface area contributed by atoms with E-state index >= 15 is 0 Å². The topological polar surface area (TPSA) is 50.9 Å². The molecule has 0 bridgehead atoms. The van der Waals surface area contributed by atoms with Crippen LogP contribution in [0.25, 0.3) is 16.7 Å². The van der Waals surface area contributed by atoms with Crippen molar-refractivity contribution in [3.05, 3.63) is 65.5 Å². The first-order valence-corrected chi connectivity index (χ1v) is 6.58. The van der Waals surface area contributed by atoms with Crippen molar-refractivity contribution in [1.29, 1.82) is 0 Å². The Kier molecular flexibility index (Phi) is 3.50. The van der Waals surface area contributed by atoms with E-state index < -0.39 is 0 Å². The Hall–Kier alpha value is -2.53. The highest BCUT2D eigenvalue weighted by Gasteiger charge is 2.13. The number of rotatable bonds is 3. The van der Waals surface area contributed by atoms with Gasteiger partial charge in [0.05, 0.1) is 17.8 Å². The first-order chi connectivity index (χ1) is 10.2. The molecule has 0 aliphatic heterocycles. The van der Waals surface area contributed by atoms with Gasteiger partial charge in [0.1, 0.15) is 11.3 Å². The number of halogens is 1. The van der Waals surface area contributed by atoms with Crippen LogP contribution in [0.5, 0.6) is 0 Å². The molecule has 0 amide bonds. The minimum Gasteiger partial charge on any atom is -0.392 e. The lowest BCUT2D eigenvalue weighted by molar-refractivity contribution is 0.331. The normalized spacial score (nSPS) is 12.5. The summed E-state index contributed by atoms with van der Waals surface area (Å²) in [7, 11) is 0. The van der Waals surface area contributed by atoms with Gasteiger partial charge in [-0.2, -0.15) is 0 Å². The number of aliphatic hydroxyl groups excluding tert-OH is 1. The SMILES string of the molecule is C/C(CO)=C(\c1ccc(F)cc1)n1nnc2ccccc21. The van der Waals surface area contributed by atoms with Crippen LogP contribution in [-0.4, -0.2) is 26.7 Å². The molecule has 0 saturated heterocycles. The van der Waals surface area contributed by atoms with Crippen LogP contribution in [-0.2, 0) is 0 Å². The Balaban J connectivity index is 2.24. The average Bonchev–Trinajstić information content (AvgIpc) is 2.93. The van der Waals surface area contributed by atoms with Gasteiger partial charge < -0.3 is 5.11 Å². The van der Waals surface area contributed by atoms with Crippen molar-refractivity contribution in [3.63, 3.8) is 0 Å². The Bertz CT molecular complexity index is 806. The summed E-state index contributed by atoms with van der Waals surface area (Å²) in [5.41, 5.74) is 3.83. The molecule has 3 aromatic rings. The first-order valence-electron chi connectivity index (χ1n) is 6.58. The fourth-order valence-electron chi connectivity index (χ4n) is 2.27. The van der Waals surface area contributed by atoms with Crippen LogP contribution >= 0.6 is 0 Å². The second kappa shape index (κ2) is 5.46. The number of hydrogen-bond donors (Lipinski definition) is 1. The molecule has 2 aromatic carbocycles. The minimum absolute atomic E-state index is 0.110. The first kappa shape index (κ1) is 13.5. The van der Waals surface area contributed by atoms with Crippen molar-refractivity contribution in [1.82, 2.24) is 15.0 Å². The van der Waals surface area contributed by atoms with Gasteiger partial charge in [0.15, 0.2) is 0 Å². The molecule has 5 heteroatoms. The third-order valence-corrected chi connectivity index (χ3v) is 3.32. The molecule has 1 N–H and O–H groups in total. The Morgan fingerprint density at radius 1 is 1.14 bits per heavy atom. The summed E-state index contributed by atoms with van der Waals surface area (Å²) in [6, 6.07) is 13.7. The second-order valence-electron chi connectivity index (χ2n) is 4.78. The van der Waals surface area contributed by atoms with Crippen LogP contribution in [0.2, 0.25) is 0 Å². The summed E-state index contributed by atoms with van der Waals surface area (Å²) in [6.45, 7) is 1.70. The highest BCUT2D eigenvalue weighted by molar-refractivity contribution is 5.81. The zero-order valence-electron chi connectivity index (χ0n) is 11.5. The Morgan fingerprint density at radius 3 is 2.57 bits per heavy atom. The largest absolute Gasteiger partial charge is 0.392 e. The molecule has 0 saturated carbocycles. The molecule has 4 nitrogen and oxygen atoms in total. The smallest absolute Gasteiger partial charge is 0.123 e. The molecule has 3 rings (SSSR count). The predicted octanol–water partition coefficient (Wildman–Crippen LogP) is 2.84. The monoisotopic (exact) mass is 283 g/mol. The van der Waals surface area contributed by atoms with Crippen LogP contribution in [0.3, 0.4) is 0 Å². The van der Waals surface area contributed by atoms with Crippen molar-refractivity contribution in [2.45, 2.75) is 6.92 Å². The van der Waals surface area contributed by atoms with E-state index in [0.717, 1.165) is 22.2 Å². The highest BCUT2D eigenvalue weighted by Crippen LogP contribution is 2.24. The van der Waals surface area contributed by atoms with E-state index in [0.29, 0.717) is 5.70 Å². The lowest BCUT2D eigenvalue weighted by Crippen LogP contribution is -2.06. The summed E-state index contributed by atoms with van der Waals surface area (Å²) in [6.07, 6.45) is 0. The molecule has 1 aromatic heterocycles. The van der Waals surface area contributed by atoms with Gasteiger partial charge in [-0.05, 0) is 48.9 Å². The van der Waals surface area contributed by atoms with Gasteiger partial charge in [0.25, 0.3) is 0 Å². The number of nitrogens with zero attached hydrogens (tertiary/aromatic N) is 3. The quantitative estimate of drug-likeness (QED) is 0.804. The number of benzene rings is 2. The lowest BCUT2D eigenvalue weighted by atomic mass is 10.1. The van der Waals surface area contributed by atoms with Crippen LogP contribution in [0, 0.1) is 5.82 Å². The van der Waals surface area contributed by atoms with E-state index in [1.165, 1.54) is 12.1 Å². The average molecular weight is 283 g/mol. The fourth-order valence-corrected chi connectivity index (χ4v) is 2.27. The third kappa shape index (κ3) is 2.43. The van der Waals surface area contributed by atoms with Crippen LogP contribution in [0.4, 0.5) is 4.39 Å². The molecule has 0 radical (unpaired) electrons. The number of aromatic nitrogens is 3.